The quantitative estimate of drug-likeness (QED) is 0.476. The number of anilines is 2. The molecule has 0 spiro atoms. The highest BCUT2D eigenvalue weighted by molar-refractivity contribution is 6.31. The number of halogens is 2. The van der Waals surface area contributed by atoms with Crippen LogP contribution in [0, 0.1) is 5.82 Å². The summed E-state index contributed by atoms with van der Waals surface area (Å²) in [5, 5.41) is 3.80. The van der Waals surface area contributed by atoms with Gasteiger partial charge >= 0.3 is 0 Å². The lowest BCUT2D eigenvalue weighted by molar-refractivity contribution is 0.0725. The molecule has 2 fully saturated rings. The number of ether oxygens (including phenoxy) is 2. The van der Waals surface area contributed by atoms with Crippen molar-refractivity contribution in [1.82, 2.24) is 14.9 Å². The van der Waals surface area contributed by atoms with Crippen LogP contribution in [0.2, 0.25) is 5.02 Å². The van der Waals surface area contributed by atoms with Gasteiger partial charge in [-0.15, -0.1) is 0 Å². The van der Waals surface area contributed by atoms with Crippen molar-refractivity contribution in [1.29, 1.82) is 0 Å². The van der Waals surface area contributed by atoms with Crippen LogP contribution in [0.4, 0.5) is 15.9 Å². The van der Waals surface area contributed by atoms with Crippen molar-refractivity contribution in [2.24, 2.45) is 5.73 Å². The van der Waals surface area contributed by atoms with E-state index in [-0.39, 0.29) is 16.8 Å². The minimum Gasteiger partial charge on any atom is -0.493 e. The topological polar surface area (TPSA) is 85.5 Å². The molecule has 0 atom stereocenters. The SMILES string of the molecule is COc1cc2ncnc(Nc3cccc(Cl)c3F)c2cc1OC1CCC(N2CCC(N)CC2)CC1. The molecule has 9 heteroatoms. The lowest BCUT2D eigenvalue weighted by Crippen LogP contribution is -2.47. The second-order valence-corrected chi connectivity index (χ2v) is 9.80. The van der Waals surface area contributed by atoms with Crippen LogP contribution in [0.5, 0.6) is 11.5 Å². The van der Waals surface area contributed by atoms with E-state index < -0.39 is 5.82 Å². The zero-order chi connectivity index (χ0) is 24.4. The first-order chi connectivity index (χ1) is 17.0. The third-order valence-corrected chi connectivity index (χ3v) is 7.45. The Balaban J connectivity index is 1.33. The van der Waals surface area contributed by atoms with Crippen molar-refractivity contribution in [3.05, 3.63) is 47.5 Å². The van der Waals surface area contributed by atoms with E-state index in [1.54, 1.807) is 19.2 Å². The lowest BCUT2D eigenvalue weighted by Gasteiger charge is -2.40. The Kier molecular flexibility index (Phi) is 7.22. The third-order valence-electron chi connectivity index (χ3n) is 7.15. The van der Waals surface area contributed by atoms with E-state index in [2.05, 4.69) is 20.2 Å². The smallest absolute Gasteiger partial charge is 0.165 e. The number of methoxy groups -OCH3 is 1. The molecule has 35 heavy (non-hydrogen) atoms. The molecule has 2 heterocycles. The van der Waals surface area contributed by atoms with Gasteiger partial charge in [-0.05, 0) is 69.8 Å². The standard InChI is InChI=1S/C26H31ClFN5O2/c1-34-23-14-22-19(26(31-15-30-22)32-21-4-2-3-20(27)25(21)28)13-24(23)35-18-7-5-17(6-8-18)33-11-9-16(29)10-12-33/h2-4,13-18H,5-12,29H2,1H3,(H,30,31,32). The van der Waals surface area contributed by atoms with Gasteiger partial charge in [0.1, 0.15) is 12.1 Å². The fourth-order valence-electron chi connectivity index (χ4n) is 5.14. The van der Waals surface area contributed by atoms with Gasteiger partial charge in [-0.2, -0.15) is 0 Å². The van der Waals surface area contributed by atoms with E-state index >= 15 is 0 Å². The number of nitrogens with one attached hydrogen (secondary N) is 1. The summed E-state index contributed by atoms with van der Waals surface area (Å²) in [4.78, 5) is 11.3. The van der Waals surface area contributed by atoms with Crippen LogP contribution < -0.4 is 20.5 Å². The van der Waals surface area contributed by atoms with Crippen LogP contribution in [0.1, 0.15) is 38.5 Å². The molecule has 1 aliphatic heterocycles. The van der Waals surface area contributed by atoms with Crippen molar-refractivity contribution in [2.75, 3.05) is 25.5 Å². The molecule has 1 saturated heterocycles. The van der Waals surface area contributed by atoms with Gasteiger partial charge in [0.2, 0.25) is 0 Å². The Morgan fingerprint density at radius 1 is 1.06 bits per heavy atom. The first kappa shape index (κ1) is 24.0. The van der Waals surface area contributed by atoms with Gasteiger partial charge in [0.15, 0.2) is 17.3 Å². The number of nitrogens with zero attached hydrogens (tertiary/aromatic N) is 3. The highest BCUT2D eigenvalue weighted by Gasteiger charge is 2.29. The van der Waals surface area contributed by atoms with Gasteiger partial charge in [-0.1, -0.05) is 17.7 Å². The minimum absolute atomic E-state index is 0.0436. The predicted octanol–water partition coefficient (Wildman–Crippen LogP) is 5.29. The van der Waals surface area contributed by atoms with E-state index in [1.165, 1.54) is 12.4 Å². The Labute approximate surface area is 209 Å². The van der Waals surface area contributed by atoms with E-state index in [9.17, 15) is 4.39 Å². The third kappa shape index (κ3) is 5.29. The van der Waals surface area contributed by atoms with Gasteiger partial charge in [0.25, 0.3) is 0 Å². The summed E-state index contributed by atoms with van der Waals surface area (Å²) < 4.78 is 26.5. The number of benzene rings is 2. The molecule has 0 radical (unpaired) electrons. The lowest BCUT2D eigenvalue weighted by atomic mass is 9.90. The first-order valence-electron chi connectivity index (χ1n) is 12.2. The molecule has 1 aliphatic carbocycles. The first-order valence-corrected chi connectivity index (χ1v) is 12.6. The van der Waals surface area contributed by atoms with Crippen molar-refractivity contribution < 1.29 is 13.9 Å². The Morgan fingerprint density at radius 3 is 2.57 bits per heavy atom. The highest BCUT2D eigenvalue weighted by Crippen LogP contribution is 2.38. The molecule has 3 aromatic rings. The van der Waals surface area contributed by atoms with Crippen LogP contribution >= 0.6 is 11.6 Å². The highest BCUT2D eigenvalue weighted by atomic mass is 35.5. The second-order valence-electron chi connectivity index (χ2n) is 9.39. The predicted molar refractivity (Wildman–Crippen MR) is 136 cm³/mol. The van der Waals surface area contributed by atoms with Crippen LogP contribution in [-0.4, -0.2) is 53.3 Å². The summed E-state index contributed by atoms with van der Waals surface area (Å²) in [7, 11) is 1.62. The Morgan fingerprint density at radius 2 is 1.83 bits per heavy atom. The van der Waals surface area contributed by atoms with E-state index in [0.717, 1.165) is 51.6 Å². The number of nitrogens with two attached hydrogens (primary N) is 1. The number of fused-ring (bicyclic) bond motifs is 1. The van der Waals surface area contributed by atoms with Gasteiger partial charge < -0.3 is 25.4 Å². The molecule has 0 bridgehead atoms. The molecule has 2 aromatic carbocycles. The van der Waals surface area contributed by atoms with E-state index in [1.807, 2.05) is 12.1 Å². The van der Waals surface area contributed by atoms with Crippen molar-refractivity contribution >= 4 is 34.0 Å². The Hall–Kier alpha value is -2.68. The molecule has 7 nitrogen and oxygen atoms in total. The Bertz CT molecular complexity index is 1180. The maximum Gasteiger partial charge on any atom is 0.165 e. The van der Waals surface area contributed by atoms with Crippen LogP contribution in [0.15, 0.2) is 36.7 Å². The summed E-state index contributed by atoms with van der Waals surface area (Å²) in [5.41, 5.74) is 6.98. The van der Waals surface area contributed by atoms with Crippen molar-refractivity contribution in [3.63, 3.8) is 0 Å². The monoisotopic (exact) mass is 499 g/mol. The van der Waals surface area contributed by atoms with Crippen LogP contribution in [0.25, 0.3) is 10.9 Å². The van der Waals surface area contributed by atoms with E-state index in [4.69, 9.17) is 26.8 Å². The minimum atomic E-state index is -0.529. The molecule has 1 aromatic heterocycles. The molecule has 1 saturated carbocycles. The number of piperidine rings is 1. The van der Waals surface area contributed by atoms with Gasteiger partial charge in [0.05, 0.1) is 29.4 Å². The zero-order valence-corrected chi connectivity index (χ0v) is 20.6. The average Bonchev–Trinajstić information content (AvgIpc) is 2.88. The summed E-state index contributed by atoms with van der Waals surface area (Å²) in [6, 6.07) is 9.47. The molecule has 3 N–H and O–H groups in total. The maximum absolute atomic E-state index is 14.5. The summed E-state index contributed by atoms with van der Waals surface area (Å²) in [6.07, 6.45) is 7.90. The normalized spacial score (nSPS) is 21.7. The number of likely N-dealkylation sites (tertiary alicyclic amines) is 1. The second kappa shape index (κ2) is 10.5. The van der Waals surface area contributed by atoms with Gasteiger partial charge in [-0.25, -0.2) is 14.4 Å². The van der Waals surface area contributed by atoms with Crippen molar-refractivity contribution in [2.45, 2.75) is 56.7 Å². The number of rotatable bonds is 6. The molecule has 0 amide bonds. The molecule has 5 rings (SSSR count). The number of hydrogen-bond acceptors (Lipinski definition) is 7. The zero-order valence-electron chi connectivity index (χ0n) is 19.8. The maximum atomic E-state index is 14.5. The molecular weight excluding hydrogens is 469 g/mol. The molecular formula is C26H31ClFN5O2. The van der Waals surface area contributed by atoms with Crippen molar-refractivity contribution in [3.8, 4) is 11.5 Å². The van der Waals surface area contributed by atoms with Gasteiger partial charge in [0, 0.05) is 23.5 Å². The fraction of sp³-hybridized carbons (Fsp3) is 0.462. The van der Waals surface area contributed by atoms with Crippen LogP contribution in [-0.2, 0) is 0 Å². The van der Waals surface area contributed by atoms with Gasteiger partial charge in [-0.3, -0.25) is 0 Å². The fourth-order valence-corrected chi connectivity index (χ4v) is 5.31. The average molecular weight is 500 g/mol. The number of hydrogen-bond donors (Lipinski definition) is 2. The van der Waals surface area contributed by atoms with E-state index in [0.29, 0.717) is 40.3 Å². The molecule has 2 aliphatic rings. The molecule has 0 unspecified atom stereocenters. The number of aromatic nitrogens is 2. The summed E-state index contributed by atoms with van der Waals surface area (Å²) >= 11 is 5.94. The largest absolute Gasteiger partial charge is 0.493 e. The summed E-state index contributed by atoms with van der Waals surface area (Å²) in [6.45, 7) is 2.19. The summed E-state index contributed by atoms with van der Waals surface area (Å²) in [5.74, 6) is 1.19. The van der Waals surface area contributed by atoms with Crippen LogP contribution in [0.3, 0.4) is 0 Å². The molecule has 186 valence electrons.